The highest BCUT2D eigenvalue weighted by Crippen LogP contribution is 2.28. The minimum absolute atomic E-state index is 0.251. The van der Waals surface area contributed by atoms with Crippen molar-refractivity contribution in [1.82, 2.24) is 9.80 Å². The van der Waals surface area contributed by atoms with Crippen LogP contribution in [0.15, 0.2) is 30.3 Å². The van der Waals surface area contributed by atoms with E-state index >= 15 is 0 Å². The zero-order valence-electron chi connectivity index (χ0n) is 11.6. The van der Waals surface area contributed by atoms with Gasteiger partial charge in [-0.05, 0) is 26.3 Å². The SMILES string of the molecule is CN1C2CCC1CN(CC(=O)c1ccccc1)CC2. The van der Waals surface area contributed by atoms with Gasteiger partial charge in [0.05, 0.1) is 6.54 Å². The van der Waals surface area contributed by atoms with Crippen molar-refractivity contribution in [3.8, 4) is 0 Å². The summed E-state index contributed by atoms with van der Waals surface area (Å²) in [6.45, 7) is 2.68. The van der Waals surface area contributed by atoms with Crippen molar-refractivity contribution in [2.75, 3.05) is 26.7 Å². The molecule has 0 saturated carbocycles. The number of carbonyl (C=O) groups excluding carboxylic acids is 1. The summed E-state index contributed by atoms with van der Waals surface area (Å²) >= 11 is 0. The molecule has 0 aromatic heterocycles. The predicted molar refractivity (Wildman–Crippen MR) is 76.4 cm³/mol. The third-order valence-electron chi connectivity index (χ3n) is 4.70. The molecule has 2 atom stereocenters. The Morgan fingerprint density at radius 1 is 1.16 bits per heavy atom. The Morgan fingerprint density at radius 2 is 1.89 bits per heavy atom. The van der Waals surface area contributed by atoms with E-state index in [0.29, 0.717) is 12.6 Å². The van der Waals surface area contributed by atoms with Gasteiger partial charge in [-0.25, -0.2) is 0 Å². The molecular weight excluding hydrogens is 236 g/mol. The Hall–Kier alpha value is -1.19. The highest BCUT2D eigenvalue weighted by atomic mass is 16.1. The van der Waals surface area contributed by atoms with Crippen LogP contribution in [0, 0.1) is 0 Å². The highest BCUT2D eigenvalue weighted by Gasteiger charge is 2.34. The van der Waals surface area contributed by atoms with Crippen LogP contribution in [0.25, 0.3) is 0 Å². The third-order valence-corrected chi connectivity index (χ3v) is 4.70. The molecule has 2 bridgehead atoms. The van der Waals surface area contributed by atoms with E-state index in [1.807, 2.05) is 30.3 Å². The Kier molecular flexibility index (Phi) is 3.67. The number of ketones is 1. The first-order valence-electron chi connectivity index (χ1n) is 7.26. The molecule has 0 N–H and O–H groups in total. The molecule has 19 heavy (non-hydrogen) atoms. The fourth-order valence-corrected chi connectivity index (χ4v) is 3.44. The van der Waals surface area contributed by atoms with Gasteiger partial charge in [0.1, 0.15) is 0 Å². The first-order chi connectivity index (χ1) is 9.24. The normalized spacial score (nSPS) is 28.3. The Balaban J connectivity index is 1.63. The van der Waals surface area contributed by atoms with Crippen LogP contribution in [0.3, 0.4) is 0 Å². The molecule has 2 saturated heterocycles. The van der Waals surface area contributed by atoms with Crippen LogP contribution >= 0.6 is 0 Å². The second-order valence-corrected chi connectivity index (χ2v) is 5.86. The van der Waals surface area contributed by atoms with E-state index < -0.39 is 0 Å². The molecule has 1 aromatic carbocycles. The van der Waals surface area contributed by atoms with Crippen LogP contribution in [-0.2, 0) is 0 Å². The maximum atomic E-state index is 12.3. The molecule has 1 aromatic rings. The molecule has 2 aliphatic rings. The molecule has 2 unspecified atom stereocenters. The molecule has 0 spiro atoms. The number of hydrogen-bond donors (Lipinski definition) is 0. The van der Waals surface area contributed by atoms with Crippen LogP contribution in [-0.4, -0.2) is 54.3 Å². The standard InChI is InChI=1S/C16H22N2O/c1-17-14-7-8-15(17)11-18(10-9-14)12-16(19)13-5-3-2-4-6-13/h2-6,14-15H,7-12H2,1H3. The molecule has 2 heterocycles. The maximum Gasteiger partial charge on any atom is 0.176 e. The van der Waals surface area contributed by atoms with Crippen LogP contribution in [0.1, 0.15) is 29.6 Å². The molecule has 2 aliphatic heterocycles. The van der Waals surface area contributed by atoms with E-state index in [9.17, 15) is 4.79 Å². The number of carbonyl (C=O) groups is 1. The first kappa shape index (κ1) is 12.8. The zero-order valence-corrected chi connectivity index (χ0v) is 11.6. The number of benzene rings is 1. The van der Waals surface area contributed by atoms with Gasteiger partial charge in [-0.15, -0.1) is 0 Å². The van der Waals surface area contributed by atoms with Gasteiger partial charge in [0.2, 0.25) is 0 Å². The number of likely N-dealkylation sites (tertiary alicyclic amines) is 1. The van der Waals surface area contributed by atoms with Crippen molar-refractivity contribution in [3.63, 3.8) is 0 Å². The van der Waals surface area contributed by atoms with Gasteiger partial charge in [0, 0.05) is 30.7 Å². The summed E-state index contributed by atoms with van der Waals surface area (Å²) in [7, 11) is 2.24. The predicted octanol–water partition coefficient (Wildman–Crippen LogP) is 2.04. The number of nitrogens with zero attached hydrogens (tertiary/aromatic N) is 2. The average Bonchev–Trinajstić information content (AvgIpc) is 2.68. The zero-order chi connectivity index (χ0) is 13.2. The van der Waals surface area contributed by atoms with Gasteiger partial charge < -0.3 is 0 Å². The van der Waals surface area contributed by atoms with Crippen molar-refractivity contribution in [3.05, 3.63) is 35.9 Å². The van der Waals surface area contributed by atoms with Crippen LogP contribution in [0.5, 0.6) is 0 Å². The van der Waals surface area contributed by atoms with Gasteiger partial charge in [0.25, 0.3) is 0 Å². The van der Waals surface area contributed by atoms with Crippen LogP contribution in [0.2, 0.25) is 0 Å². The molecular formula is C16H22N2O. The monoisotopic (exact) mass is 258 g/mol. The summed E-state index contributed by atoms with van der Waals surface area (Å²) in [5.41, 5.74) is 0.838. The smallest absolute Gasteiger partial charge is 0.176 e. The van der Waals surface area contributed by atoms with E-state index in [-0.39, 0.29) is 5.78 Å². The second kappa shape index (κ2) is 5.43. The number of likely N-dealkylation sites (N-methyl/N-ethyl adjacent to an activating group) is 1. The molecule has 102 valence electrons. The van der Waals surface area contributed by atoms with Crippen molar-refractivity contribution in [2.24, 2.45) is 0 Å². The van der Waals surface area contributed by atoms with Crippen molar-refractivity contribution in [1.29, 1.82) is 0 Å². The number of hydrogen-bond acceptors (Lipinski definition) is 3. The molecule has 3 heteroatoms. The van der Waals surface area contributed by atoms with Crippen molar-refractivity contribution in [2.45, 2.75) is 31.3 Å². The van der Waals surface area contributed by atoms with Crippen LogP contribution in [0.4, 0.5) is 0 Å². The summed E-state index contributed by atoms with van der Waals surface area (Å²) in [6.07, 6.45) is 3.83. The van der Waals surface area contributed by atoms with Crippen LogP contribution < -0.4 is 0 Å². The Labute approximate surface area is 115 Å². The minimum Gasteiger partial charge on any atom is -0.299 e. The van der Waals surface area contributed by atoms with E-state index in [0.717, 1.165) is 24.7 Å². The Bertz CT molecular complexity index is 445. The number of rotatable bonds is 3. The lowest BCUT2D eigenvalue weighted by Gasteiger charge is -2.25. The lowest BCUT2D eigenvalue weighted by Crippen LogP contribution is -2.38. The quantitative estimate of drug-likeness (QED) is 0.775. The summed E-state index contributed by atoms with van der Waals surface area (Å²) in [4.78, 5) is 17.1. The first-order valence-corrected chi connectivity index (χ1v) is 7.26. The van der Waals surface area contributed by atoms with Crippen molar-refractivity contribution < 1.29 is 4.79 Å². The molecule has 0 aliphatic carbocycles. The lowest BCUT2D eigenvalue weighted by molar-refractivity contribution is 0.0923. The van der Waals surface area contributed by atoms with Gasteiger partial charge >= 0.3 is 0 Å². The minimum atomic E-state index is 0.251. The fraction of sp³-hybridized carbons (Fsp3) is 0.562. The van der Waals surface area contributed by atoms with E-state index in [2.05, 4.69) is 16.8 Å². The van der Waals surface area contributed by atoms with Gasteiger partial charge in [-0.1, -0.05) is 30.3 Å². The summed E-state index contributed by atoms with van der Waals surface area (Å²) in [5, 5.41) is 0. The van der Waals surface area contributed by atoms with E-state index in [1.54, 1.807) is 0 Å². The van der Waals surface area contributed by atoms with Crippen molar-refractivity contribution >= 4 is 5.78 Å². The molecule has 3 rings (SSSR count). The number of Topliss-reactive ketones (excluding diaryl/α,β-unsaturated/α-hetero) is 1. The topological polar surface area (TPSA) is 23.6 Å². The van der Waals surface area contributed by atoms with E-state index in [4.69, 9.17) is 0 Å². The molecule has 0 amide bonds. The summed E-state index contributed by atoms with van der Waals surface area (Å²) in [5.74, 6) is 0.251. The van der Waals surface area contributed by atoms with Gasteiger partial charge in [-0.2, -0.15) is 0 Å². The molecule has 2 fully saturated rings. The Morgan fingerprint density at radius 3 is 2.68 bits per heavy atom. The van der Waals surface area contributed by atoms with Gasteiger partial charge in [-0.3, -0.25) is 14.6 Å². The second-order valence-electron chi connectivity index (χ2n) is 5.86. The largest absolute Gasteiger partial charge is 0.299 e. The number of fused-ring (bicyclic) bond motifs is 2. The molecule has 0 radical (unpaired) electrons. The average molecular weight is 258 g/mol. The fourth-order valence-electron chi connectivity index (χ4n) is 3.44. The summed E-state index contributed by atoms with van der Waals surface area (Å²) in [6, 6.07) is 11.0. The third kappa shape index (κ3) is 2.72. The maximum absolute atomic E-state index is 12.3. The summed E-state index contributed by atoms with van der Waals surface area (Å²) < 4.78 is 0. The molecule has 3 nitrogen and oxygen atoms in total. The lowest BCUT2D eigenvalue weighted by atomic mass is 10.1. The highest BCUT2D eigenvalue weighted by molar-refractivity contribution is 5.97. The van der Waals surface area contributed by atoms with Gasteiger partial charge in [0.15, 0.2) is 5.78 Å². The van der Waals surface area contributed by atoms with E-state index in [1.165, 1.54) is 19.3 Å².